The molecular formula is C16H11ClF3N5O5S. The molecule has 0 radical (unpaired) electrons. The molecule has 0 aliphatic carbocycles. The number of nitrogens with zero attached hydrogens (tertiary/aromatic N) is 2. The van der Waals surface area contributed by atoms with Crippen molar-refractivity contribution in [1.29, 1.82) is 0 Å². The molecule has 15 heteroatoms. The second-order valence-corrected chi connectivity index (χ2v) is 8.32. The molecule has 0 amide bonds. The molecule has 0 unspecified atom stereocenters. The number of aromatic amines is 2. The SMILES string of the molecule is Cc1c(Cl)cc(S(=O)(=O)Nc2cc(-c3n[nH]c(=O)[nH]3)cc(C(F)(F)F)c2)cc1[N+](=O)[O-]. The molecule has 3 rings (SSSR count). The third-order valence-corrected chi connectivity index (χ3v) is 5.84. The molecule has 3 aromatic rings. The largest absolute Gasteiger partial charge is 0.416 e. The molecule has 1 aromatic heterocycles. The van der Waals surface area contributed by atoms with Crippen LogP contribution in [0.4, 0.5) is 24.5 Å². The van der Waals surface area contributed by atoms with E-state index < -0.39 is 48.6 Å². The van der Waals surface area contributed by atoms with Crippen molar-refractivity contribution in [3.63, 3.8) is 0 Å². The highest BCUT2D eigenvalue weighted by Gasteiger charge is 2.32. The smallest absolute Gasteiger partial charge is 0.289 e. The lowest BCUT2D eigenvalue weighted by molar-refractivity contribution is -0.385. The number of H-pyrrole nitrogens is 2. The molecule has 164 valence electrons. The number of rotatable bonds is 5. The van der Waals surface area contributed by atoms with Gasteiger partial charge in [-0.15, -0.1) is 0 Å². The summed E-state index contributed by atoms with van der Waals surface area (Å²) in [5.41, 5.74) is -3.32. The van der Waals surface area contributed by atoms with E-state index in [-0.39, 0.29) is 22.0 Å². The Morgan fingerprint density at radius 1 is 1.19 bits per heavy atom. The molecule has 0 bridgehead atoms. The maximum Gasteiger partial charge on any atom is 0.416 e. The van der Waals surface area contributed by atoms with E-state index in [9.17, 15) is 36.5 Å². The standard InChI is InChI=1S/C16H11ClF3N5O5S/c1-7-12(17)5-11(6-13(7)25(27)28)31(29,30)24-10-3-8(14-21-15(26)23-22-14)2-9(4-10)16(18,19)20/h2-6,24H,1H3,(H2,21,22,23,26). The topological polar surface area (TPSA) is 151 Å². The first-order valence-electron chi connectivity index (χ1n) is 8.12. The number of alkyl halides is 3. The molecule has 0 saturated heterocycles. The normalized spacial score (nSPS) is 12.0. The van der Waals surface area contributed by atoms with Gasteiger partial charge in [0.05, 0.1) is 26.1 Å². The van der Waals surface area contributed by atoms with Crippen LogP contribution in [0.25, 0.3) is 11.4 Å². The number of anilines is 1. The number of halogens is 4. The van der Waals surface area contributed by atoms with E-state index in [0.717, 1.165) is 18.2 Å². The van der Waals surface area contributed by atoms with Crippen LogP contribution in [-0.2, 0) is 16.2 Å². The monoisotopic (exact) mass is 477 g/mol. The van der Waals surface area contributed by atoms with Gasteiger partial charge >= 0.3 is 11.9 Å². The highest BCUT2D eigenvalue weighted by Crippen LogP contribution is 2.35. The van der Waals surface area contributed by atoms with Crippen molar-refractivity contribution in [3.8, 4) is 11.4 Å². The quantitative estimate of drug-likeness (QED) is 0.378. The van der Waals surface area contributed by atoms with E-state index in [4.69, 9.17) is 11.6 Å². The van der Waals surface area contributed by atoms with Crippen LogP contribution in [0, 0.1) is 17.0 Å². The Kier molecular flexibility index (Phi) is 5.54. The highest BCUT2D eigenvalue weighted by molar-refractivity contribution is 7.92. The first kappa shape index (κ1) is 22.3. The summed E-state index contributed by atoms with van der Waals surface area (Å²) in [4.78, 5) is 23.1. The van der Waals surface area contributed by atoms with Crippen molar-refractivity contribution in [2.24, 2.45) is 0 Å². The summed E-state index contributed by atoms with van der Waals surface area (Å²) in [6.07, 6.45) is -4.85. The van der Waals surface area contributed by atoms with Crippen molar-refractivity contribution >= 4 is 33.0 Å². The van der Waals surface area contributed by atoms with Crippen molar-refractivity contribution in [2.75, 3.05) is 4.72 Å². The number of benzene rings is 2. The lowest BCUT2D eigenvalue weighted by Crippen LogP contribution is -2.15. The number of sulfonamides is 1. The summed E-state index contributed by atoms with van der Waals surface area (Å²) in [5, 5.41) is 16.4. The molecule has 1 heterocycles. The fraction of sp³-hybridized carbons (Fsp3) is 0.125. The van der Waals surface area contributed by atoms with E-state index >= 15 is 0 Å². The van der Waals surface area contributed by atoms with E-state index in [1.54, 1.807) is 0 Å². The summed E-state index contributed by atoms with van der Waals surface area (Å²) in [5.74, 6) is -0.259. The van der Waals surface area contributed by atoms with Gasteiger partial charge in [-0.3, -0.25) is 19.8 Å². The average molecular weight is 478 g/mol. The predicted molar refractivity (Wildman–Crippen MR) is 103 cm³/mol. The number of nitro groups is 1. The number of nitrogens with one attached hydrogen (secondary N) is 3. The Bertz CT molecular complexity index is 1350. The molecule has 0 aliphatic rings. The van der Waals surface area contributed by atoms with Crippen LogP contribution in [0.2, 0.25) is 5.02 Å². The number of hydrogen-bond donors (Lipinski definition) is 3. The van der Waals surface area contributed by atoms with Crippen molar-refractivity contribution in [3.05, 3.63) is 67.1 Å². The summed E-state index contributed by atoms with van der Waals surface area (Å²) in [6.45, 7) is 1.31. The third-order valence-electron chi connectivity index (χ3n) is 4.08. The first-order valence-corrected chi connectivity index (χ1v) is 9.99. The van der Waals surface area contributed by atoms with Gasteiger partial charge in [-0.1, -0.05) is 11.6 Å². The maximum absolute atomic E-state index is 13.3. The molecule has 0 saturated carbocycles. The summed E-state index contributed by atoms with van der Waals surface area (Å²) >= 11 is 5.87. The second kappa shape index (κ2) is 7.70. The summed E-state index contributed by atoms with van der Waals surface area (Å²) in [6, 6.07) is 3.87. The Labute approximate surface area is 176 Å². The molecular weight excluding hydrogens is 467 g/mol. The fourth-order valence-electron chi connectivity index (χ4n) is 2.59. The van der Waals surface area contributed by atoms with Gasteiger partial charge in [-0.25, -0.2) is 18.3 Å². The van der Waals surface area contributed by atoms with Crippen LogP contribution in [0.3, 0.4) is 0 Å². The number of nitro benzene ring substituents is 1. The maximum atomic E-state index is 13.3. The summed E-state index contributed by atoms with van der Waals surface area (Å²) in [7, 11) is -4.57. The molecule has 0 atom stereocenters. The average Bonchev–Trinajstić information content (AvgIpc) is 3.08. The van der Waals surface area contributed by atoms with Crippen LogP contribution in [0.15, 0.2) is 40.0 Å². The van der Waals surface area contributed by atoms with Gasteiger partial charge in [0.1, 0.15) is 0 Å². The van der Waals surface area contributed by atoms with Gasteiger partial charge < -0.3 is 0 Å². The molecule has 0 spiro atoms. The van der Waals surface area contributed by atoms with Gasteiger partial charge in [0.25, 0.3) is 15.7 Å². The summed E-state index contributed by atoms with van der Waals surface area (Å²) < 4.78 is 67.2. The Morgan fingerprint density at radius 3 is 2.42 bits per heavy atom. The minimum absolute atomic E-state index is 0.0226. The van der Waals surface area contributed by atoms with Gasteiger partial charge in [0.15, 0.2) is 5.82 Å². The van der Waals surface area contributed by atoms with E-state index in [1.165, 1.54) is 6.92 Å². The number of aromatic nitrogens is 3. The highest BCUT2D eigenvalue weighted by atomic mass is 35.5. The van der Waals surface area contributed by atoms with Crippen LogP contribution in [0.5, 0.6) is 0 Å². The zero-order valence-electron chi connectivity index (χ0n) is 15.2. The zero-order valence-corrected chi connectivity index (χ0v) is 16.8. The van der Waals surface area contributed by atoms with Crippen molar-refractivity contribution in [2.45, 2.75) is 18.0 Å². The van der Waals surface area contributed by atoms with Gasteiger partial charge in [-0.05, 0) is 31.2 Å². The van der Waals surface area contributed by atoms with Crippen molar-refractivity contribution in [1.82, 2.24) is 15.2 Å². The van der Waals surface area contributed by atoms with Crippen LogP contribution in [-0.4, -0.2) is 28.5 Å². The van der Waals surface area contributed by atoms with E-state index in [2.05, 4.69) is 10.1 Å². The zero-order chi connectivity index (χ0) is 23.1. The van der Waals surface area contributed by atoms with Crippen molar-refractivity contribution < 1.29 is 26.5 Å². The molecule has 2 aromatic carbocycles. The lowest BCUT2D eigenvalue weighted by atomic mass is 10.1. The third kappa shape index (κ3) is 4.69. The Morgan fingerprint density at radius 2 is 1.87 bits per heavy atom. The van der Waals surface area contributed by atoms with Crippen LogP contribution < -0.4 is 10.4 Å². The lowest BCUT2D eigenvalue weighted by Gasteiger charge is -2.14. The molecule has 0 fully saturated rings. The molecule has 31 heavy (non-hydrogen) atoms. The van der Waals surface area contributed by atoms with Gasteiger partial charge in [-0.2, -0.15) is 18.3 Å². The Hall–Kier alpha value is -3.39. The van der Waals surface area contributed by atoms with Gasteiger partial charge in [0.2, 0.25) is 0 Å². The Balaban J connectivity index is 2.11. The predicted octanol–water partition coefficient (Wildman–Crippen LogP) is 3.45. The van der Waals surface area contributed by atoms with Gasteiger partial charge in [0, 0.05) is 17.2 Å². The van der Waals surface area contributed by atoms with Crippen LogP contribution in [0.1, 0.15) is 11.1 Å². The second-order valence-electron chi connectivity index (χ2n) is 6.23. The minimum Gasteiger partial charge on any atom is -0.289 e. The van der Waals surface area contributed by atoms with Crippen LogP contribution >= 0.6 is 11.6 Å². The fourth-order valence-corrected chi connectivity index (χ4v) is 3.96. The van der Waals surface area contributed by atoms with E-state index in [0.29, 0.717) is 12.1 Å². The molecule has 0 aliphatic heterocycles. The van der Waals surface area contributed by atoms with E-state index in [1.807, 2.05) is 9.82 Å². The molecule has 10 nitrogen and oxygen atoms in total. The first-order chi connectivity index (χ1) is 14.3. The number of hydrogen-bond acceptors (Lipinski definition) is 6. The minimum atomic E-state index is -4.85. The molecule has 3 N–H and O–H groups in total.